The van der Waals surface area contributed by atoms with E-state index in [0.29, 0.717) is 25.4 Å². The van der Waals surface area contributed by atoms with E-state index in [1.807, 2.05) is 0 Å². The Hall–Kier alpha value is -1.13. The minimum absolute atomic E-state index is 0.141. The predicted molar refractivity (Wildman–Crippen MR) is 82.0 cm³/mol. The van der Waals surface area contributed by atoms with Crippen LogP contribution in [0.25, 0.3) is 0 Å². The lowest BCUT2D eigenvalue weighted by Crippen LogP contribution is -2.52. The number of carbonyl (C=O) groups excluding carboxylic acids is 2. The number of nitrogens with zero attached hydrogens (tertiary/aromatic N) is 1. The van der Waals surface area contributed by atoms with E-state index in [4.69, 9.17) is 0 Å². The molecule has 0 aromatic rings. The minimum atomic E-state index is -1.77. The lowest BCUT2D eigenvalue weighted by atomic mass is 9.86. The van der Waals surface area contributed by atoms with E-state index in [1.165, 1.54) is 19.3 Å². The van der Waals surface area contributed by atoms with E-state index >= 15 is 0 Å². The second kappa shape index (κ2) is 6.55. The Kier molecular flexibility index (Phi) is 4.69. The van der Waals surface area contributed by atoms with E-state index in [9.17, 15) is 14.0 Å². The number of likely N-dealkylation sites (tertiary alicyclic amines) is 1. The molecule has 0 unspecified atom stereocenters. The summed E-state index contributed by atoms with van der Waals surface area (Å²) in [6.07, 6.45) is 8.86. The number of carbonyl (C=O) groups is 2. The fourth-order valence-corrected chi connectivity index (χ4v) is 3.65. The van der Waals surface area contributed by atoms with Gasteiger partial charge in [-0.2, -0.15) is 0 Å². The van der Waals surface area contributed by atoms with Crippen molar-refractivity contribution in [1.29, 1.82) is 0 Å². The van der Waals surface area contributed by atoms with E-state index in [1.54, 1.807) is 4.90 Å². The molecule has 22 heavy (non-hydrogen) atoms. The highest BCUT2D eigenvalue weighted by atomic mass is 19.1. The zero-order valence-electron chi connectivity index (χ0n) is 13.3. The number of rotatable bonds is 4. The molecule has 4 nitrogen and oxygen atoms in total. The molecule has 0 aromatic carbocycles. The summed E-state index contributed by atoms with van der Waals surface area (Å²) in [5.74, 6) is 0.197. The van der Waals surface area contributed by atoms with Crippen molar-refractivity contribution >= 4 is 11.8 Å². The van der Waals surface area contributed by atoms with Gasteiger partial charge in [0.05, 0.1) is 0 Å². The van der Waals surface area contributed by atoms with Crippen molar-refractivity contribution in [3.05, 3.63) is 0 Å². The highest BCUT2D eigenvalue weighted by Crippen LogP contribution is 2.31. The maximum atomic E-state index is 14.7. The molecule has 3 fully saturated rings. The van der Waals surface area contributed by atoms with Gasteiger partial charge in [-0.25, -0.2) is 4.39 Å². The fraction of sp³-hybridized carbons (Fsp3) is 0.882. The first-order valence-corrected chi connectivity index (χ1v) is 8.84. The fourth-order valence-electron chi connectivity index (χ4n) is 3.65. The first kappa shape index (κ1) is 15.8. The molecule has 124 valence electrons. The van der Waals surface area contributed by atoms with E-state index in [0.717, 1.165) is 25.7 Å². The molecule has 1 N–H and O–H groups in total. The maximum absolute atomic E-state index is 14.7. The number of hydrogen-bond donors (Lipinski definition) is 1. The normalized spacial score (nSPS) is 25.8. The van der Waals surface area contributed by atoms with Crippen molar-refractivity contribution in [2.45, 2.75) is 75.9 Å². The van der Waals surface area contributed by atoms with Crippen LogP contribution in [-0.2, 0) is 9.59 Å². The molecule has 1 aliphatic heterocycles. The van der Waals surface area contributed by atoms with Crippen LogP contribution in [0.3, 0.4) is 0 Å². The van der Waals surface area contributed by atoms with Gasteiger partial charge in [0.1, 0.15) is 0 Å². The molecule has 2 aliphatic carbocycles. The standard InChI is InChI=1S/C17H27FN2O2/c18-17(16(22)19-14-6-7-14)8-10-20(11-9-17)15(21)12-13-4-2-1-3-5-13/h13-14H,1-12H2,(H,19,22). The molecule has 1 heterocycles. The predicted octanol–water partition coefficient (Wildman–Crippen LogP) is 2.57. The Balaban J connectivity index is 1.45. The average Bonchev–Trinajstić information content (AvgIpc) is 3.33. The van der Waals surface area contributed by atoms with Gasteiger partial charge in [-0.05, 0) is 31.6 Å². The van der Waals surface area contributed by atoms with E-state index in [2.05, 4.69) is 5.32 Å². The number of nitrogens with one attached hydrogen (secondary N) is 1. The molecule has 0 spiro atoms. The first-order valence-electron chi connectivity index (χ1n) is 8.84. The lowest BCUT2D eigenvalue weighted by molar-refractivity contribution is -0.142. The Morgan fingerprint density at radius 2 is 1.68 bits per heavy atom. The van der Waals surface area contributed by atoms with Gasteiger partial charge in [0, 0.05) is 38.4 Å². The number of piperidine rings is 1. The van der Waals surface area contributed by atoms with Crippen LogP contribution in [0.2, 0.25) is 0 Å². The molecule has 0 aromatic heterocycles. The summed E-state index contributed by atoms with van der Waals surface area (Å²) in [7, 11) is 0. The monoisotopic (exact) mass is 310 g/mol. The number of halogens is 1. The lowest BCUT2D eigenvalue weighted by Gasteiger charge is -2.36. The summed E-state index contributed by atoms with van der Waals surface area (Å²) in [6.45, 7) is 0.750. The van der Waals surface area contributed by atoms with Gasteiger partial charge in [-0.1, -0.05) is 19.3 Å². The molecular weight excluding hydrogens is 283 g/mol. The zero-order valence-corrected chi connectivity index (χ0v) is 13.3. The molecular formula is C17H27FN2O2. The number of hydrogen-bond acceptors (Lipinski definition) is 2. The van der Waals surface area contributed by atoms with Gasteiger partial charge < -0.3 is 10.2 Å². The second-order valence-electron chi connectivity index (χ2n) is 7.30. The zero-order chi connectivity index (χ0) is 15.6. The van der Waals surface area contributed by atoms with Crippen LogP contribution in [0.5, 0.6) is 0 Å². The highest BCUT2D eigenvalue weighted by Gasteiger charge is 2.44. The average molecular weight is 310 g/mol. The van der Waals surface area contributed by atoms with Gasteiger partial charge in [-0.15, -0.1) is 0 Å². The van der Waals surface area contributed by atoms with Crippen LogP contribution >= 0.6 is 0 Å². The van der Waals surface area contributed by atoms with Crippen LogP contribution in [0, 0.1) is 5.92 Å². The highest BCUT2D eigenvalue weighted by molar-refractivity contribution is 5.86. The van der Waals surface area contributed by atoms with Crippen LogP contribution in [-0.4, -0.2) is 41.5 Å². The van der Waals surface area contributed by atoms with Crippen molar-refractivity contribution in [2.24, 2.45) is 5.92 Å². The van der Waals surface area contributed by atoms with E-state index < -0.39 is 11.6 Å². The van der Waals surface area contributed by atoms with Crippen LogP contribution in [0.15, 0.2) is 0 Å². The Morgan fingerprint density at radius 1 is 1.05 bits per heavy atom. The Bertz CT molecular complexity index is 422. The van der Waals surface area contributed by atoms with Crippen LogP contribution in [0.4, 0.5) is 4.39 Å². The van der Waals surface area contributed by atoms with Crippen molar-refractivity contribution < 1.29 is 14.0 Å². The third kappa shape index (κ3) is 3.79. The molecule has 5 heteroatoms. The summed E-state index contributed by atoms with van der Waals surface area (Å²) in [5, 5.41) is 2.76. The molecule has 1 saturated heterocycles. The Morgan fingerprint density at radius 3 is 2.27 bits per heavy atom. The SMILES string of the molecule is O=C(CC1CCCCC1)N1CCC(F)(C(=O)NC2CC2)CC1. The summed E-state index contributed by atoms with van der Waals surface area (Å²) in [5.41, 5.74) is -1.77. The summed E-state index contributed by atoms with van der Waals surface area (Å²) in [6, 6.07) is 0.186. The number of alkyl halides is 1. The van der Waals surface area contributed by atoms with Crippen molar-refractivity contribution in [3.8, 4) is 0 Å². The molecule has 0 radical (unpaired) electrons. The third-order valence-electron chi connectivity index (χ3n) is 5.42. The van der Waals surface area contributed by atoms with Crippen LogP contribution in [0.1, 0.15) is 64.2 Å². The third-order valence-corrected chi connectivity index (χ3v) is 5.42. The smallest absolute Gasteiger partial charge is 0.258 e. The summed E-state index contributed by atoms with van der Waals surface area (Å²) >= 11 is 0. The van der Waals surface area contributed by atoms with Gasteiger partial charge in [0.25, 0.3) is 5.91 Å². The maximum Gasteiger partial charge on any atom is 0.258 e. The van der Waals surface area contributed by atoms with E-state index in [-0.39, 0.29) is 24.8 Å². The molecule has 2 saturated carbocycles. The second-order valence-corrected chi connectivity index (χ2v) is 7.30. The topological polar surface area (TPSA) is 49.4 Å². The number of amides is 2. The Labute approximate surface area is 131 Å². The summed E-state index contributed by atoms with van der Waals surface area (Å²) in [4.78, 5) is 26.1. The van der Waals surface area contributed by atoms with Gasteiger partial charge in [0.15, 0.2) is 5.67 Å². The van der Waals surface area contributed by atoms with Crippen LogP contribution < -0.4 is 5.32 Å². The van der Waals surface area contributed by atoms with Gasteiger partial charge >= 0.3 is 0 Å². The molecule has 2 amide bonds. The largest absolute Gasteiger partial charge is 0.351 e. The molecule has 3 aliphatic rings. The van der Waals surface area contributed by atoms with Crippen molar-refractivity contribution in [2.75, 3.05) is 13.1 Å². The minimum Gasteiger partial charge on any atom is -0.351 e. The molecule has 0 atom stereocenters. The van der Waals surface area contributed by atoms with Gasteiger partial charge in [0.2, 0.25) is 5.91 Å². The molecule has 0 bridgehead atoms. The first-order chi connectivity index (χ1) is 10.6. The quantitative estimate of drug-likeness (QED) is 0.867. The summed E-state index contributed by atoms with van der Waals surface area (Å²) < 4.78 is 14.7. The van der Waals surface area contributed by atoms with Gasteiger partial charge in [-0.3, -0.25) is 9.59 Å². The van der Waals surface area contributed by atoms with Crippen molar-refractivity contribution in [1.82, 2.24) is 10.2 Å². The molecule has 3 rings (SSSR count). The van der Waals surface area contributed by atoms with Crippen molar-refractivity contribution in [3.63, 3.8) is 0 Å².